The van der Waals surface area contributed by atoms with Crippen LogP contribution in [0.3, 0.4) is 0 Å². The lowest BCUT2D eigenvalue weighted by atomic mass is 10.2. The van der Waals surface area contributed by atoms with Crippen molar-refractivity contribution in [2.45, 2.75) is 13.8 Å². The summed E-state index contributed by atoms with van der Waals surface area (Å²) in [5, 5.41) is -0.434. The van der Waals surface area contributed by atoms with Crippen LogP contribution in [0.15, 0.2) is 48.5 Å². The molecule has 0 unspecified atom stereocenters. The monoisotopic (exact) mass is 270 g/mol. The average molecular weight is 270 g/mol. The molecule has 0 saturated heterocycles. The topological polar surface area (TPSA) is 34.1 Å². The molecule has 2 aromatic carbocycles. The van der Waals surface area contributed by atoms with Crippen LogP contribution in [-0.2, 0) is 0 Å². The van der Waals surface area contributed by atoms with Crippen LogP contribution >= 0.6 is 11.8 Å². The smallest absolute Gasteiger partial charge is 0.227 e. The molecule has 0 saturated carbocycles. The van der Waals surface area contributed by atoms with Gasteiger partial charge in [0.1, 0.15) is 0 Å². The maximum atomic E-state index is 11.9. The molecule has 0 aliphatic carbocycles. The molecular weight excluding hydrogens is 256 g/mol. The normalized spacial score (nSPS) is 10.2. The molecule has 0 heterocycles. The molecule has 96 valence electrons. The van der Waals surface area contributed by atoms with Crippen molar-refractivity contribution >= 4 is 22.0 Å². The van der Waals surface area contributed by atoms with Crippen LogP contribution in [0.5, 0.6) is 0 Å². The maximum absolute atomic E-state index is 11.9. The van der Waals surface area contributed by atoms with E-state index in [0.29, 0.717) is 11.1 Å². The van der Waals surface area contributed by atoms with Crippen molar-refractivity contribution in [1.29, 1.82) is 0 Å². The molecule has 0 radical (unpaired) electrons. The van der Waals surface area contributed by atoms with Gasteiger partial charge in [0.15, 0.2) is 0 Å². The van der Waals surface area contributed by atoms with E-state index >= 15 is 0 Å². The highest BCUT2D eigenvalue weighted by atomic mass is 32.2. The number of rotatable bonds is 2. The van der Waals surface area contributed by atoms with Gasteiger partial charge in [0.25, 0.3) is 0 Å². The van der Waals surface area contributed by atoms with Gasteiger partial charge in [-0.3, -0.25) is 9.59 Å². The van der Waals surface area contributed by atoms with Crippen molar-refractivity contribution in [2.24, 2.45) is 0 Å². The minimum atomic E-state index is -0.217. The first-order valence-corrected chi connectivity index (χ1v) is 6.78. The molecule has 0 fully saturated rings. The van der Waals surface area contributed by atoms with E-state index in [1.807, 2.05) is 38.1 Å². The summed E-state index contributed by atoms with van der Waals surface area (Å²) in [5.74, 6) is 0. The van der Waals surface area contributed by atoms with Crippen LogP contribution in [0.4, 0.5) is 0 Å². The maximum Gasteiger partial charge on any atom is 0.227 e. The molecule has 0 aromatic heterocycles. The van der Waals surface area contributed by atoms with Gasteiger partial charge in [-0.15, -0.1) is 0 Å². The second kappa shape index (κ2) is 5.85. The van der Waals surface area contributed by atoms with E-state index in [1.54, 1.807) is 24.3 Å². The number of hydrogen-bond donors (Lipinski definition) is 0. The Kier molecular flexibility index (Phi) is 4.17. The van der Waals surface area contributed by atoms with E-state index in [-0.39, 0.29) is 10.2 Å². The number of hydrogen-bond acceptors (Lipinski definition) is 3. The summed E-state index contributed by atoms with van der Waals surface area (Å²) in [6.45, 7) is 3.91. The molecule has 0 amide bonds. The van der Waals surface area contributed by atoms with Crippen LogP contribution < -0.4 is 0 Å². The number of aryl methyl sites for hydroxylation is 2. The molecule has 0 N–H and O–H groups in total. The summed E-state index contributed by atoms with van der Waals surface area (Å²) < 4.78 is 0. The minimum Gasteiger partial charge on any atom is -0.281 e. The molecule has 2 rings (SSSR count). The zero-order valence-corrected chi connectivity index (χ0v) is 11.7. The third kappa shape index (κ3) is 3.55. The van der Waals surface area contributed by atoms with Gasteiger partial charge in [-0.25, -0.2) is 0 Å². The Morgan fingerprint density at radius 3 is 1.32 bits per heavy atom. The van der Waals surface area contributed by atoms with Crippen molar-refractivity contribution in [3.05, 3.63) is 70.8 Å². The molecule has 19 heavy (non-hydrogen) atoms. The standard InChI is InChI=1S/C16H14O2S/c1-11-3-7-13(8-4-11)15(17)19-16(18)14-9-5-12(2)6-10-14/h3-10H,1-2H3. The van der Waals surface area contributed by atoms with Crippen LogP contribution in [-0.4, -0.2) is 10.2 Å². The first kappa shape index (κ1) is 13.6. The van der Waals surface area contributed by atoms with E-state index in [1.165, 1.54) is 0 Å². The third-order valence-corrected chi connectivity index (χ3v) is 3.60. The Bertz CT molecular complexity index is 542. The predicted molar refractivity (Wildman–Crippen MR) is 78.6 cm³/mol. The third-order valence-electron chi connectivity index (χ3n) is 2.76. The molecule has 2 aromatic rings. The zero-order valence-electron chi connectivity index (χ0n) is 10.8. The predicted octanol–water partition coefficient (Wildman–Crippen LogP) is 4.02. The molecule has 0 aliphatic heterocycles. The lowest BCUT2D eigenvalue weighted by Gasteiger charge is -2.01. The van der Waals surface area contributed by atoms with Crippen LogP contribution in [0.2, 0.25) is 0 Å². The molecule has 0 bridgehead atoms. The fourth-order valence-corrected chi connectivity index (χ4v) is 2.26. The van der Waals surface area contributed by atoms with E-state index in [4.69, 9.17) is 0 Å². The Morgan fingerprint density at radius 2 is 1.00 bits per heavy atom. The summed E-state index contributed by atoms with van der Waals surface area (Å²) >= 11 is 0.740. The van der Waals surface area contributed by atoms with E-state index in [2.05, 4.69) is 0 Å². The highest BCUT2D eigenvalue weighted by Crippen LogP contribution is 2.19. The van der Waals surface area contributed by atoms with Crippen molar-refractivity contribution in [3.8, 4) is 0 Å². The number of carbonyl (C=O) groups is 2. The molecule has 0 spiro atoms. The van der Waals surface area contributed by atoms with Gasteiger partial charge in [-0.1, -0.05) is 59.7 Å². The molecule has 0 aliphatic rings. The van der Waals surface area contributed by atoms with Crippen LogP contribution in [0.1, 0.15) is 31.8 Å². The Morgan fingerprint density at radius 1 is 0.684 bits per heavy atom. The number of benzene rings is 2. The average Bonchev–Trinajstić information content (AvgIpc) is 2.40. The van der Waals surface area contributed by atoms with Crippen molar-refractivity contribution in [3.63, 3.8) is 0 Å². The lowest BCUT2D eigenvalue weighted by Crippen LogP contribution is -2.01. The molecular formula is C16H14O2S. The van der Waals surface area contributed by atoms with E-state index in [0.717, 1.165) is 22.9 Å². The first-order valence-electron chi connectivity index (χ1n) is 5.96. The van der Waals surface area contributed by atoms with Crippen molar-refractivity contribution < 1.29 is 9.59 Å². The van der Waals surface area contributed by atoms with E-state index < -0.39 is 0 Å². The lowest BCUT2D eigenvalue weighted by molar-refractivity contribution is 0.106. The van der Waals surface area contributed by atoms with Gasteiger partial charge in [0.05, 0.1) is 0 Å². The summed E-state index contributed by atoms with van der Waals surface area (Å²) in [4.78, 5) is 23.9. The largest absolute Gasteiger partial charge is 0.281 e. The fourth-order valence-electron chi connectivity index (χ4n) is 1.58. The molecule has 0 atom stereocenters. The Hall–Kier alpha value is -1.87. The summed E-state index contributed by atoms with van der Waals surface area (Å²) in [5.41, 5.74) is 3.28. The van der Waals surface area contributed by atoms with Crippen molar-refractivity contribution in [2.75, 3.05) is 0 Å². The first-order chi connectivity index (χ1) is 9.06. The van der Waals surface area contributed by atoms with Gasteiger partial charge in [-0.2, -0.15) is 0 Å². The second-order valence-electron chi connectivity index (χ2n) is 4.41. The highest BCUT2D eigenvalue weighted by molar-refractivity contribution is 8.26. The molecule has 3 heteroatoms. The van der Waals surface area contributed by atoms with Gasteiger partial charge >= 0.3 is 0 Å². The summed E-state index contributed by atoms with van der Waals surface area (Å²) in [6, 6.07) is 14.4. The highest BCUT2D eigenvalue weighted by Gasteiger charge is 2.14. The van der Waals surface area contributed by atoms with Gasteiger partial charge < -0.3 is 0 Å². The number of thioether (sulfide) groups is 1. The van der Waals surface area contributed by atoms with Crippen LogP contribution in [0.25, 0.3) is 0 Å². The summed E-state index contributed by atoms with van der Waals surface area (Å²) in [6.07, 6.45) is 0. The van der Waals surface area contributed by atoms with Crippen LogP contribution in [0, 0.1) is 13.8 Å². The van der Waals surface area contributed by atoms with Gasteiger partial charge in [0, 0.05) is 11.1 Å². The fraction of sp³-hybridized carbons (Fsp3) is 0.125. The zero-order chi connectivity index (χ0) is 13.8. The summed E-state index contributed by atoms with van der Waals surface area (Å²) in [7, 11) is 0. The minimum absolute atomic E-state index is 0.217. The Labute approximate surface area is 116 Å². The van der Waals surface area contributed by atoms with Crippen molar-refractivity contribution in [1.82, 2.24) is 0 Å². The van der Waals surface area contributed by atoms with Gasteiger partial charge in [-0.05, 0) is 25.6 Å². The SMILES string of the molecule is Cc1ccc(C(=O)SC(=O)c2ccc(C)cc2)cc1. The second-order valence-corrected chi connectivity index (χ2v) is 5.35. The molecule has 2 nitrogen and oxygen atoms in total. The van der Waals surface area contributed by atoms with E-state index in [9.17, 15) is 9.59 Å². The Balaban J connectivity index is 2.08. The van der Waals surface area contributed by atoms with Gasteiger partial charge in [0.2, 0.25) is 10.2 Å². The quantitative estimate of drug-likeness (QED) is 0.826. The number of carbonyl (C=O) groups excluding carboxylic acids is 2.